The highest BCUT2D eigenvalue weighted by Gasteiger charge is 2.29. The van der Waals surface area contributed by atoms with Gasteiger partial charge in [0.1, 0.15) is 0 Å². The summed E-state index contributed by atoms with van der Waals surface area (Å²) in [6, 6.07) is 15.2. The Bertz CT molecular complexity index is 807. The van der Waals surface area contributed by atoms with Gasteiger partial charge in [0.05, 0.1) is 18.2 Å². The first-order valence-electron chi connectivity index (χ1n) is 11.6. The molecule has 0 unspecified atom stereocenters. The molecule has 0 aliphatic carbocycles. The molecule has 190 valence electrons. The number of hydrogen-bond donors (Lipinski definition) is 2. The van der Waals surface area contributed by atoms with Crippen LogP contribution in [0.3, 0.4) is 0 Å². The van der Waals surface area contributed by atoms with Gasteiger partial charge in [-0.05, 0) is 44.0 Å². The number of hydrogen-bond acceptors (Lipinski definition) is 3. The Morgan fingerprint density at radius 2 is 1.50 bits per heavy atom. The van der Waals surface area contributed by atoms with E-state index in [-0.39, 0.29) is 6.04 Å². The van der Waals surface area contributed by atoms with Crippen LogP contribution in [-0.4, -0.2) is 12.5 Å². The molecule has 3 nitrogen and oxygen atoms in total. The summed E-state index contributed by atoms with van der Waals surface area (Å²) in [6.45, 7) is 21.8. The lowest BCUT2D eigenvalue weighted by atomic mass is 10.1. The molecule has 2 aromatic carbocycles. The summed E-state index contributed by atoms with van der Waals surface area (Å²) in [5, 5.41) is 6.39. The number of benzene rings is 2. The fourth-order valence-electron chi connectivity index (χ4n) is 2.42. The summed E-state index contributed by atoms with van der Waals surface area (Å²) in [6.07, 6.45) is -2.55. The van der Waals surface area contributed by atoms with E-state index in [2.05, 4.69) is 28.8 Å². The van der Waals surface area contributed by atoms with Gasteiger partial charge in [0.25, 0.3) is 0 Å². The predicted octanol–water partition coefficient (Wildman–Crippen LogP) is 8.32. The van der Waals surface area contributed by atoms with Gasteiger partial charge in [-0.3, -0.25) is 4.99 Å². The Balaban J connectivity index is 0. The van der Waals surface area contributed by atoms with Gasteiger partial charge in [-0.2, -0.15) is 13.2 Å². The van der Waals surface area contributed by atoms with Gasteiger partial charge >= 0.3 is 6.18 Å². The minimum atomic E-state index is -4.30. The largest absolute Gasteiger partial charge is 0.416 e. The molecule has 0 spiro atoms. The lowest BCUT2D eigenvalue weighted by Crippen LogP contribution is -2.34. The summed E-state index contributed by atoms with van der Waals surface area (Å²) in [7, 11) is 0. The number of aliphatic imine (C=N–C) groups is 1. The SMILES string of the molecule is C=C(C)C.C=CC.CC.CC.FC(F)(F)c1ccc(CNC2=NC[C@H](c3ccccc3)N2)cc1. The first-order chi connectivity index (χ1) is 16.2. The van der Waals surface area contributed by atoms with Crippen molar-refractivity contribution in [1.82, 2.24) is 10.6 Å². The van der Waals surface area contributed by atoms with E-state index in [1.165, 1.54) is 17.7 Å². The molecule has 0 aromatic heterocycles. The third-order valence-electron chi connectivity index (χ3n) is 3.69. The molecule has 1 heterocycles. The zero-order chi connectivity index (χ0) is 26.6. The first kappa shape index (κ1) is 33.2. The Morgan fingerprint density at radius 3 is 1.94 bits per heavy atom. The molecular weight excluding hydrogens is 435 g/mol. The van der Waals surface area contributed by atoms with Gasteiger partial charge in [0.2, 0.25) is 0 Å². The molecule has 34 heavy (non-hydrogen) atoms. The van der Waals surface area contributed by atoms with E-state index in [0.29, 0.717) is 19.0 Å². The lowest BCUT2D eigenvalue weighted by molar-refractivity contribution is -0.137. The van der Waals surface area contributed by atoms with Crippen LogP contribution in [0.2, 0.25) is 0 Å². The van der Waals surface area contributed by atoms with Crippen LogP contribution in [-0.2, 0) is 12.7 Å². The number of rotatable bonds is 3. The van der Waals surface area contributed by atoms with Crippen molar-refractivity contribution in [2.75, 3.05) is 6.54 Å². The number of nitrogens with one attached hydrogen (secondary N) is 2. The van der Waals surface area contributed by atoms with Crippen LogP contribution >= 0.6 is 0 Å². The zero-order valence-corrected chi connectivity index (χ0v) is 21.8. The van der Waals surface area contributed by atoms with Crippen LogP contribution < -0.4 is 10.6 Å². The molecule has 2 N–H and O–H groups in total. The van der Waals surface area contributed by atoms with Crippen molar-refractivity contribution in [3.8, 4) is 0 Å². The van der Waals surface area contributed by atoms with E-state index in [0.717, 1.165) is 23.3 Å². The van der Waals surface area contributed by atoms with Gasteiger partial charge in [-0.15, -0.1) is 13.2 Å². The second-order valence-corrected chi connectivity index (χ2v) is 6.96. The number of halogens is 3. The van der Waals surface area contributed by atoms with Gasteiger partial charge in [-0.25, -0.2) is 0 Å². The third kappa shape index (κ3) is 14.9. The summed E-state index contributed by atoms with van der Waals surface area (Å²) >= 11 is 0. The maximum Gasteiger partial charge on any atom is 0.416 e. The summed E-state index contributed by atoms with van der Waals surface area (Å²) in [4.78, 5) is 4.38. The maximum atomic E-state index is 12.5. The molecule has 0 fully saturated rings. The van der Waals surface area contributed by atoms with Crippen molar-refractivity contribution in [2.45, 2.75) is 67.2 Å². The molecule has 6 heteroatoms. The number of nitrogens with zero attached hydrogens (tertiary/aromatic N) is 1. The van der Waals surface area contributed by atoms with E-state index in [1.54, 1.807) is 6.08 Å². The van der Waals surface area contributed by atoms with Gasteiger partial charge in [0, 0.05) is 6.54 Å². The smallest absolute Gasteiger partial charge is 0.352 e. The topological polar surface area (TPSA) is 36.4 Å². The van der Waals surface area contributed by atoms with Crippen molar-refractivity contribution < 1.29 is 13.2 Å². The van der Waals surface area contributed by atoms with Crippen molar-refractivity contribution in [2.24, 2.45) is 4.99 Å². The van der Waals surface area contributed by atoms with E-state index in [9.17, 15) is 13.2 Å². The summed E-state index contributed by atoms with van der Waals surface area (Å²) in [5.41, 5.74) is 2.45. The number of allylic oxidation sites excluding steroid dienone is 2. The molecule has 0 bridgehead atoms. The highest BCUT2D eigenvalue weighted by Crippen LogP contribution is 2.29. The standard InChI is InChI=1S/C17H16F3N3.C4H8.C3H6.2C2H6/c18-17(19,20)14-8-6-12(7-9-14)10-21-16-22-11-15(23-16)13-4-2-1-3-5-13;1-4(2)3;1-3-2;2*1-2/h1-9,15H,10-11H2,(H2,21,22,23);1H2,2-3H3;3H,1H2,2H3;2*1-2H3/t15-;;;;/m1..../s1. The molecule has 1 aliphatic heterocycles. The Morgan fingerprint density at radius 1 is 1.03 bits per heavy atom. The predicted molar refractivity (Wildman–Crippen MR) is 142 cm³/mol. The molecule has 1 atom stereocenters. The van der Waals surface area contributed by atoms with Crippen molar-refractivity contribution in [1.29, 1.82) is 0 Å². The normalized spacial score (nSPS) is 13.4. The van der Waals surface area contributed by atoms with Gasteiger partial charge in [-0.1, -0.05) is 81.8 Å². The van der Waals surface area contributed by atoms with Gasteiger partial charge in [0.15, 0.2) is 5.96 Å². The van der Waals surface area contributed by atoms with Crippen molar-refractivity contribution >= 4 is 5.96 Å². The fourth-order valence-corrected chi connectivity index (χ4v) is 2.42. The summed E-state index contributed by atoms with van der Waals surface area (Å²) in [5.74, 6) is 0.666. The minimum Gasteiger partial charge on any atom is -0.352 e. The van der Waals surface area contributed by atoms with E-state index < -0.39 is 11.7 Å². The van der Waals surface area contributed by atoms with Gasteiger partial charge < -0.3 is 10.6 Å². The molecule has 3 rings (SSSR count). The maximum absolute atomic E-state index is 12.5. The van der Waals surface area contributed by atoms with Crippen LogP contribution in [0.25, 0.3) is 0 Å². The van der Waals surface area contributed by atoms with Crippen molar-refractivity contribution in [3.63, 3.8) is 0 Å². The molecule has 0 saturated heterocycles. The molecule has 2 aromatic rings. The second-order valence-electron chi connectivity index (χ2n) is 6.96. The van der Waals surface area contributed by atoms with Crippen molar-refractivity contribution in [3.05, 3.63) is 96.1 Å². The Kier molecular flexibility index (Phi) is 19.0. The second kappa shape index (κ2) is 19.4. The van der Waals surface area contributed by atoms with E-state index >= 15 is 0 Å². The number of alkyl halides is 3. The average Bonchev–Trinajstić information content (AvgIpc) is 3.30. The molecule has 1 aliphatic rings. The van der Waals surface area contributed by atoms with Crippen LogP contribution in [0.1, 0.15) is 71.2 Å². The highest BCUT2D eigenvalue weighted by molar-refractivity contribution is 5.82. The Labute approximate surface area is 204 Å². The Hall–Kier alpha value is -3.02. The van der Waals surface area contributed by atoms with Crippen LogP contribution in [0, 0.1) is 0 Å². The molecular formula is C28H42F3N3. The average molecular weight is 478 g/mol. The monoisotopic (exact) mass is 477 g/mol. The third-order valence-corrected chi connectivity index (χ3v) is 3.69. The van der Waals surface area contributed by atoms with Crippen LogP contribution in [0.15, 0.2) is 84.4 Å². The number of guanidine groups is 1. The highest BCUT2D eigenvalue weighted by atomic mass is 19.4. The fraction of sp³-hybridized carbons (Fsp3) is 0.393. The first-order valence-corrected chi connectivity index (χ1v) is 11.6. The van der Waals surface area contributed by atoms with Crippen LogP contribution in [0.5, 0.6) is 0 Å². The summed E-state index contributed by atoms with van der Waals surface area (Å²) < 4.78 is 37.5. The molecule has 0 radical (unpaired) electrons. The quantitative estimate of drug-likeness (QED) is 0.436. The lowest BCUT2D eigenvalue weighted by Gasteiger charge is -2.13. The minimum absolute atomic E-state index is 0.131. The van der Waals surface area contributed by atoms with Crippen LogP contribution in [0.4, 0.5) is 13.2 Å². The molecule has 0 amide bonds. The van der Waals surface area contributed by atoms with E-state index in [4.69, 9.17) is 0 Å². The van der Waals surface area contributed by atoms with E-state index in [1.807, 2.05) is 78.8 Å². The molecule has 0 saturated carbocycles. The zero-order valence-electron chi connectivity index (χ0n) is 21.8.